The quantitative estimate of drug-likeness (QED) is 0.629. The molecule has 28 heavy (non-hydrogen) atoms. The van der Waals surface area contributed by atoms with Crippen molar-refractivity contribution in [2.75, 3.05) is 5.32 Å². The highest BCUT2D eigenvalue weighted by atomic mass is 16.5. The van der Waals surface area contributed by atoms with Crippen LogP contribution >= 0.6 is 0 Å². The first-order valence-electron chi connectivity index (χ1n) is 8.50. The Morgan fingerprint density at radius 3 is 2.50 bits per heavy atom. The Bertz CT molecular complexity index is 893. The number of nitrogens with one attached hydrogen (secondary N) is 2. The van der Waals surface area contributed by atoms with Crippen molar-refractivity contribution < 1.29 is 19.1 Å². The fraction of sp³-hybridized carbons (Fsp3) is 0.200. The molecule has 8 nitrogen and oxygen atoms in total. The van der Waals surface area contributed by atoms with E-state index < -0.39 is 30.1 Å². The van der Waals surface area contributed by atoms with Crippen LogP contribution in [-0.4, -0.2) is 30.1 Å². The zero-order valence-electron chi connectivity index (χ0n) is 15.2. The molecular weight excluding hydrogens is 360 g/mol. The molecule has 0 aliphatic carbocycles. The van der Waals surface area contributed by atoms with E-state index in [2.05, 4.69) is 10.6 Å². The summed E-state index contributed by atoms with van der Waals surface area (Å²) in [5.74, 6) is -1.35. The lowest BCUT2D eigenvalue weighted by Gasteiger charge is -2.19. The zero-order valence-corrected chi connectivity index (χ0v) is 15.2. The van der Waals surface area contributed by atoms with E-state index in [4.69, 9.17) is 15.7 Å². The van der Waals surface area contributed by atoms with Crippen molar-refractivity contribution in [3.8, 4) is 6.07 Å². The van der Waals surface area contributed by atoms with Crippen LogP contribution in [0.2, 0.25) is 0 Å². The lowest BCUT2D eigenvalue weighted by Crippen LogP contribution is -2.47. The van der Waals surface area contributed by atoms with Crippen molar-refractivity contribution in [2.24, 2.45) is 5.73 Å². The maximum absolute atomic E-state index is 12.4. The third kappa shape index (κ3) is 6.14. The second kappa shape index (κ2) is 9.73. The van der Waals surface area contributed by atoms with Crippen LogP contribution in [-0.2, 0) is 20.7 Å². The summed E-state index contributed by atoms with van der Waals surface area (Å²) in [5, 5.41) is 13.8. The molecular formula is C20H20N4O4. The Kier molecular flexibility index (Phi) is 7.11. The maximum Gasteiger partial charge on any atom is 0.329 e. The van der Waals surface area contributed by atoms with Gasteiger partial charge in [-0.1, -0.05) is 36.4 Å². The molecule has 2 aromatic carbocycles. The summed E-state index contributed by atoms with van der Waals surface area (Å²) in [6.07, 6.45) is -0.951. The van der Waals surface area contributed by atoms with Crippen molar-refractivity contribution in [1.29, 1.82) is 5.26 Å². The molecule has 0 unspecified atom stereocenters. The Balaban J connectivity index is 2.01. The van der Waals surface area contributed by atoms with Gasteiger partial charge in [0.05, 0.1) is 11.6 Å². The molecule has 4 N–H and O–H groups in total. The van der Waals surface area contributed by atoms with Gasteiger partial charge in [0.25, 0.3) is 5.91 Å². The minimum Gasteiger partial charge on any atom is -0.451 e. The molecule has 2 atom stereocenters. The van der Waals surface area contributed by atoms with Crippen LogP contribution in [0.15, 0.2) is 54.6 Å². The van der Waals surface area contributed by atoms with Crippen LogP contribution in [0.5, 0.6) is 0 Å². The molecule has 3 amide bonds. The molecule has 0 saturated carbocycles. The highest BCUT2D eigenvalue weighted by molar-refractivity contribution is 5.95. The van der Waals surface area contributed by atoms with E-state index in [1.54, 1.807) is 42.5 Å². The number of primary amides is 1. The number of rotatable bonds is 7. The van der Waals surface area contributed by atoms with Gasteiger partial charge in [0.15, 0.2) is 6.10 Å². The first kappa shape index (κ1) is 20.5. The first-order valence-corrected chi connectivity index (χ1v) is 8.50. The van der Waals surface area contributed by atoms with Crippen molar-refractivity contribution in [3.05, 3.63) is 65.7 Å². The zero-order chi connectivity index (χ0) is 20.5. The highest BCUT2D eigenvalue weighted by Crippen LogP contribution is 2.11. The van der Waals surface area contributed by atoms with Crippen molar-refractivity contribution in [2.45, 2.75) is 25.5 Å². The Morgan fingerprint density at radius 1 is 1.14 bits per heavy atom. The molecule has 0 radical (unpaired) electrons. The number of amides is 3. The molecule has 0 aliphatic heterocycles. The van der Waals surface area contributed by atoms with Gasteiger partial charge in [-0.25, -0.2) is 9.59 Å². The van der Waals surface area contributed by atoms with Gasteiger partial charge in [0.1, 0.15) is 6.04 Å². The van der Waals surface area contributed by atoms with E-state index in [0.29, 0.717) is 11.3 Å². The third-order valence-electron chi connectivity index (χ3n) is 3.81. The molecule has 0 spiro atoms. The molecule has 0 aromatic heterocycles. The summed E-state index contributed by atoms with van der Waals surface area (Å²) in [6, 6.07) is 15.4. The van der Waals surface area contributed by atoms with Crippen LogP contribution < -0.4 is 16.4 Å². The predicted octanol–water partition coefficient (Wildman–Crippen LogP) is 1.71. The number of hydrogen-bond acceptors (Lipinski definition) is 5. The van der Waals surface area contributed by atoms with Gasteiger partial charge < -0.3 is 21.1 Å². The van der Waals surface area contributed by atoms with E-state index >= 15 is 0 Å². The number of hydrogen-bond donors (Lipinski definition) is 3. The topological polar surface area (TPSA) is 134 Å². The van der Waals surface area contributed by atoms with Gasteiger partial charge in [-0.15, -0.1) is 0 Å². The monoisotopic (exact) mass is 380 g/mol. The summed E-state index contributed by atoms with van der Waals surface area (Å²) in [6.45, 7) is 1.41. The van der Waals surface area contributed by atoms with Crippen LogP contribution in [0.1, 0.15) is 18.1 Å². The van der Waals surface area contributed by atoms with E-state index in [1.807, 2.05) is 12.1 Å². The summed E-state index contributed by atoms with van der Waals surface area (Å²) in [7, 11) is 0. The summed E-state index contributed by atoms with van der Waals surface area (Å²) in [4.78, 5) is 35.9. The average molecular weight is 380 g/mol. The van der Waals surface area contributed by atoms with Gasteiger partial charge in [-0.3, -0.25) is 4.79 Å². The lowest BCUT2D eigenvalue weighted by molar-refractivity contribution is -0.155. The number of nitriles is 1. The number of nitrogens with two attached hydrogens (primary N) is 1. The van der Waals surface area contributed by atoms with Gasteiger partial charge in [0.2, 0.25) is 0 Å². The van der Waals surface area contributed by atoms with E-state index in [1.165, 1.54) is 13.0 Å². The van der Waals surface area contributed by atoms with Gasteiger partial charge in [-0.05, 0) is 30.7 Å². The number of esters is 1. The molecule has 2 rings (SSSR count). The predicted molar refractivity (Wildman–Crippen MR) is 102 cm³/mol. The SMILES string of the molecule is C[C@H](OC(=O)[C@@H](Cc1ccccc1)NC(N)=O)C(=O)Nc1cccc(C#N)c1. The van der Waals surface area contributed by atoms with E-state index in [9.17, 15) is 14.4 Å². The Hall–Kier alpha value is -3.86. The first-order chi connectivity index (χ1) is 13.4. The molecule has 144 valence electrons. The average Bonchev–Trinajstić information content (AvgIpc) is 2.68. The molecule has 8 heteroatoms. The van der Waals surface area contributed by atoms with E-state index in [0.717, 1.165) is 5.56 Å². The highest BCUT2D eigenvalue weighted by Gasteiger charge is 2.26. The van der Waals surface area contributed by atoms with Gasteiger partial charge >= 0.3 is 12.0 Å². The molecule has 0 aliphatic rings. The summed E-state index contributed by atoms with van der Waals surface area (Å²) >= 11 is 0. The van der Waals surface area contributed by atoms with Crippen molar-refractivity contribution in [3.63, 3.8) is 0 Å². The number of nitrogens with zero attached hydrogens (tertiary/aromatic N) is 1. The van der Waals surface area contributed by atoms with Gasteiger partial charge in [0, 0.05) is 12.1 Å². The maximum atomic E-state index is 12.4. The van der Waals surface area contributed by atoms with Crippen LogP contribution in [0.25, 0.3) is 0 Å². The fourth-order valence-electron chi connectivity index (χ4n) is 2.44. The van der Waals surface area contributed by atoms with Crippen molar-refractivity contribution in [1.82, 2.24) is 5.32 Å². The van der Waals surface area contributed by atoms with Crippen LogP contribution in [0, 0.1) is 11.3 Å². The number of ether oxygens (including phenoxy) is 1. The number of urea groups is 1. The minimum absolute atomic E-state index is 0.168. The largest absolute Gasteiger partial charge is 0.451 e. The minimum atomic E-state index is -1.12. The third-order valence-corrected chi connectivity index (χ3v) is 3.81. The molecule has 0 bridgehead atoms. The second-order valence-electron chi connectivity index (χ2n) is 6.01. The smallest absolute Gasteiger partial charge is 0.329 e. The summed E-state index contributed by atoms with van der Waals surface area (Å²) in [5.41, 5.74) is 6.73. The number of anilines is 1. The number of benzene rings is 2. The summed E-state index contributed by atoms with van der Waals surface area (Å²) < 4.78 is 5.19. The normalized spacial score (nSPS) is 12.1. The fourth-order valence-corrected chi connectivity index (χ4v) is 2.44. The molecule has 0 heterocycles. The molecule has 0 fully saturated rings. The van der Waals surface area contributed by atoms with Crippen LogP contribution in [0.3, 0.4) is 0 Å². The second-order valence-corrected chi connectivity index (χ2v) is 6.01. The molecule has 0 saturated heterocycles. The Morgan fingerprint density at radius 2 is 1.86 bits per heavy atom. The van der Waals surface area contributed by atoms with Gasteiger partial charge in [-0.2, -0.15) is 5.26 Å². The lowest BCUT2D eigenvalue weighted by atomic mass is 10.1. The number of carbonyl (C=O) groups excluding carboxylic acids is 3. The number of carbonyl (C=O) groups is 3. The molecule has 2 aromatic rings. The van der Waals surface area contributed by atoms with Crippen LogP contribution in [0.4, 0.5) is 10.5 Å². The van der Waals surface area contributed by atoms with E-state index in [-0.39, 0.29) is 6.42 Å². The standard InChI is InChI=1S/C20H20N4O4/c1-13(18(25)23-16-9-5-8-15(10-16)12-21)28-19(26)17(24-20(22)27)11-14-6-3-2-4-7-14/h2-10,13,17H,11H2,1H3,(H,23,25)(H3,22,24,27)/t13-,17+/m0/s1. The van der Waals surface area contributed by atoms with Crippen molar-refractivity contribution >= 4 is 23.6 Å². The Labute approximate surface area is 162 Å².